The van der Waals surface area contributed by atoms with E-state index in [0.717, 1.165) is 35.4 Å². The number of nitrogens with one attached hydrogen (secondary N) is 1. The highest BCUT2D eigenvalue weighted by molar-refractivity contribution is 5.81. The third-order valence-corrected chi connectivity index (χ3v) is 4.00. The van der Waals surface area contributed by atoms with Crippen LogP contribution >= 0.6 is 0 Å². The number of ether oxygens (including phenoxy) is 2. The summed E-state index contributed by atoms with van der Waals surface area (Å²) in [5.41, 5.74) is 1.85. The fraction of sp³-hybridized carbons (Fsp3) is 0.500. The zero-order valence-electron chi connectivity index (χ0n) is 13.0. The van der Waals surface area contributed by atoms with Crippen molar-refractivity contribution in [3.63, 3.8) is 0 Å². The second kappa shape index (κ2) is 6.36. The number of aromatic amines is 1. The number of nitrogens with zero attached hydrogens (tertiary/aromatic N) is 2. The van der Waals surface area contributed by atoms with E-state index in [9.17, 15) is 4.79 Å². The lowest BCUT2D eigenvalue weighted by Gasteiger charge is -2.19. The maximum absolute atomic E-state index is 12.2. The first-order valence-electron chi connectivity index (χ1n) is 7.56. The number of H-pyrrole nitrogens is 1. The molecule has 1 N–H and O–H groups in total. The van der Waals surface area contributed by atoms with Crippen molar-refractivity contribution in [3.05, 3.63) is 24.0 Å². The number of carbonyl (C=O) groups is 1. The molecule has 1 aromatic heterocycles. The Hall–Kier alpha value is -2.08. The highest BCUT2D eigenvalue weighted by Gasteiger charge is 2.26. The molecule has 6 nitrogen and oxygen atoms in total. The van der Waals surface area contributed by atoms with E-state index >= 15 is 0 Å². The number of methoxy groups -OCH3 is 1. The van der Waals surface area contributed by atoms with Gasteiger partial charge in [-0.1, -0.05) is 0 Å². The smallest absolute Gasteiger partial charge is 0.251 e. The number of imidazole rings is 1. The van der Waals surface area contributed by atoms with Crippen LogP contribution in [-0.4, -0.2) is 54.2 Å². The molecule has 22 heavy (non-hydrogen) atoms. The van der Waals surface area contributed by atoms with Crippen LogP contribution in [0.4, 0.5) is 0 Å². The van der Waals surface area contributed by atoms with Crippen LogP contribution in [0.1, 0.15) is 18.7 Å². The summed E-state index contributed by atoms with van der Waals surface area (Å²) in [5, 5.41) is 0. The van der Waals surface area contributed by atoms with Gasteiger partial charge in [0.25, 0.3) is 5.91 Å². The standard InChI is InChI=1S/C16H21N3O3/c1-19(16(20)14-4-3-9-22-14)8-7-15-17-12-6-5-11(21-2)10-13(12)18-15/h5-6,10,14H,3-4,7-9H2,1-2H3,(H,17,18)/t14-/m0/s1. The fourth-order valence-electron chi connectivity index (χ4n) is 2.69. The van der Waals surface area contributed by atoms with E-state index in [2.05, 4.69) is 9.97 Å². The van der Waals surface area contributed by atoms with Crippen LogP contribution in [0.3, 0.4) is 0 Å². The number of carbonyl (C=O) groups excluding carboxylic acids is 1. The number of hydrogen-bond donors (Lipinski definition) is 1. The molecule has 2 heterocycles. The van der Waals surface area contributed by atoms with Crippen LogP contribution in [0, 0.1) is 0 Å². The Kier molecular flexibility index (Phi) is 4.29. The zero-order chi connectivity index (χ0) is 15.5. The first kappa shape index (κ1) is 14.8. The Morgan fingerprint density at radius 2 is 2.41 bits per heavy atom. The maximum atomic E-state index is 12.2. The van der Waals surface area contributed by atoms with E-state index in [4.69, 9.17) is 9.47 Å². The molecule has 118 valence electrons. The summed E-state index contributed by atoms with van der Waals surface area (Å²) >= 11 is 0. The van der Waals surface area contributed by atoms with Crippen molar-refractivity contribution in [2.75, 3.05) is 27.3 Å². The van der Waals surface area contributed by atoms with Crippen molar-refractivity contribution in [1.29, 1.82) is 0 Å². The zero-order valence-corrected chi connectivity index (χ0v) is 13.0. The van der Waals surface area contributed by atoms with E-state index in [1.807, 2.05) is 25.2 Å². The lowest BCUT2D eigenvalue weighted by molar-refractivity contribution is -0.139. The largest absolute Gasteiger partial charge is 0.497 e. The van der Waals surface area contributed by atoms with Crippen LogP contribution in [0.2, 0.25) is 0 Å². The molecule has 0 bridgehead atoms. The van der Waals surface area contributed by atoms with Crippen LogP contribution in [-0.2, 0) is 16.0 Å². The summed E-state index contributed by atoms with van der Waals surface area (Å²) in [6.45, 7) is 1.31. The summed E-state index contributed by atoms with van der Waals surface area (Å²) in [6, 6.07) is 5.74. The molecule has 0 spiro atoms. The normalized spacial score (nSPS) is 17.8. The van der Waals surface area contributed by atoms with Gasteiger partial charge in [0.15, 0.2) is 0 Å². The molecule has 1 fully saturated rings. The summed E-state index contributed by atoms with van der Waals surface area (Å²) in [5.74, 6) is 1.74. The van der Waals surface area contributed by atoms with Crippen LogP contribution in [0.5, 0.6) is 5.75 Å². The molecular weight excluding hydrogens is 282 g/mol. The van der Waals surface area contributed by atoms with E-state index in [1.165, 1.54) is 0 Å². The van der Waals surface area contributed by atoms with Crippen molar-refractivity contribution in [2.24, 2.45) is 0 Å². The van der Waals surface area contributed by atoms with E-state index < -0.39 is 0 Å². The average Bonchev–Trinajstić information content (AvgIpc) is 3.19. The van der Waals surface area contributed by atoms with Crippen molar-refractivity contribution >= 4 is 16.9 Å². The second-order valence-electron chi connectivity index (χ2n) is 5.58. The summed E-state index contributed by atoms with van der Waals surface area (Å²) in [7, 11) is 3.46. The van der Waals surface area contributed by atoms with Gasteiger partial charge in [0.05, 0.1) is 18.1 Å². The minimum atomic E-state index is -0.259. The van der Waals surface area contributed by atoms with Crippen molar-refractivity contribution in [1.82, 2.24) is 14.9 Å². The number of fused-ring (bicyclic) bond motifs is 1. The van der Waals surface area contributed by atoms with Gasteiger partial charge in [0.1, 0.15) is 17.7 Å². The van der Waals surface area contributed by atoms with Gasteiger partial charge in [-0.3, -0.25) is 4.79 Å². The third kappa shape index (κ3) is 3.06. The van der Waals surface area contributed by atoms with Crippen molar-refractivity contribution in [3.8, 4) is 5.75 Å². The molecule has 3 rings (SSSR count). The Morgan fingerprint density at radius 1 is 1.55 bits per heavy atom. The van der Waals surface area contributed by atoms with E-state index in [1.54, 1.807) is 12.0 Å². The first-order valence-corrected chi connectivity index (χ1v) is 7.56. The first-order chi connectivity index (χ1) is 10.7. The summed E-state index contributed by atoms with van der Waals surface area (Å²) < 4.78 is 10.6. The van der Waals surface area contributed by atoms with Crippen molar-refractivity contribution in [2.45, 2.75) is 25.4 Å². The fourth-order valence-corrected chi connectivity index (χ4v) is 2.69. The van der Waals surface area contributed by atoms with Crippen LogP contribution in [0.15, 0.2) is 18.2 Å². The van der Waals surface area contributed by atoms with Gasteiger partial charge < -0.3 is 19.4 Å². The number of benzene rings is 1. The van der Waals surface area contributed by atoms with Gasteiger partial charge in [-0.25, -0.2) is 4.98 Å². The molecule has 0 aliphatic carbocycles. The van der Waals surface area contributed by atoms with Crippen LogP contribution in [0.25, 0.3) is 11.0 Å². The average molecular weight is 303 g/mol. The van der Waals surface area contributed by atoms with E-state index in [0.29, 0.717) is 19.6 Å². The number of aromatic nitrogens is 2. The van der Waals surface area contributed by atoms with Gasteiger partial charge in [0.2, 0.25) is 0 Å². The predicted octanol–water partition coefficient (Wildman–Crippen LogP) is 1.75. The number of rotatable bonds is 5. The lowest BCUT2D eigenvalue weighted by Crippen LogP contribution is -2.37. The Bertz CT molecular complexity index is 662. The molecule has 6 heteroatoms. The molecule has 0 unspecified atom stereocenters. The number of amides is 1. The van der Waals surface area contributed by atoms with Crippen LogP contribution < -0.4 is 4.74 Å². The molecule has 0 radical (unpaired) electrons. The molecule has 1 atom stereocenters. The predicted molar refractivity (Wildman–Crippen MR) is 83.0 cm³/mol. The molecule has 1 aromatic carbocycles. The molecule has 1 amide bonds. The number of likely N-dealkylation sites (N-methyl/N-ethyl adjacent to an activating group) is 1. The molecule has 1 saturated heterocycles. The molecule has 1 aliphatic rings. The molecular formula is C16H21N3O3. The highest BCUT2D eigenvalue weighted by Crippen LogP contribution is 2.19. The quantitative estimate of drug-likeness (QED) is 0.914. The SMILES string of the molecule is COc1ccc2nc(CCN(C)C(=O)[C@@H]3CCCO3)[nH]c2c1. The lowest BCUT2D eigenvalue weighted by atomic mass is 10.2. The highest BCUT2D eigenvalue weighted by atomic mass is 16.5. The van der Waals surface area contributed by atoms with Gasteiger partial charge in [0, 0.05) is 32.7 Å². The number of hydrogen-bond acceptors (Lipinski definition) is 4. The molecule has 2 aromatic rings. The Labute approximate surface area is 129 Å². The summed E-state index contributed by atoms with van der Waals surface area (Å²) in [6.07, 6.45) is 2.22. The minimum Gasteiger partial charge on any atom is -0.497 e. The Balaban J connectivity index is 1.62. The summed E-state index contributed by atoms with van der Waals surface area (Å²) in [4.78, 5) is 21.7. The monoisotopic (exact) mass is 303 g/mol. The minimum absolute atomic E-state index is 0.0651. The molecule has 1 aliphatic heterocycles. The van der Waals surface area contributed by atoms with Gasteiger partial charge >= 0.3 is 0 Å². The molecule has 0 saturated carbocycles. The van der Waals surface area contributed by atoms with Gasteiger partial charge in [-0.15, -0.1) is 0 Å². The van der Waals surface area contributed by atoms with Crippen molar-refractivity contribution < 1.29 is 14.3 Å². The topological polar surface area (TPSA) is 67.4 Å². The maximum Gasteiger partial charge on any atom is 0.251 e. The Morgan fingerprint density at radius 3 is 3.14 bits per heavy atom. The van der Waals surface area contributed by atoms with E-state index in [-0.39, 0.29) is 12.0 Å². The van der Waals surface area contributed by atoms with Gasteiger partial charge in [-0.05, 0) is 25.0 Å². The van der Waals surface area contributed by atoms with Gasteiger partial charge in [-0.2, -0.15) is 0 Å². The third-order valence-electron chi connectivity index (χ3n) is 4.00. The second-order valence-corrected chi connectivity index (χ2v) is 5.58.